The van der Waals surface area contributed by atoms with Crippen LogP contribution in [0, 0.1) is 0 Å². The third-order valence-electron chi connectivity index (χ3n) is 3.69. The molecule has 0 unspecified atom stereocenters. The quantitative estimate of drug-likeness (QED) is 0.513. The van der Waals surface area contributed by atoms with Gasteiger partial charge in [0.05, 0.1) is 0 Å². The number of aromatic hydroxyl groups is 1. The average Bonchev–Trinajstić information content (AvgIpc) is 2.73. The van der Waals surface area contributed by atoms with Crippen molar-refractivity contribution in [2.24, 2.45) is 0 Å². The van der Waals surface area contributed by atoms with Crippen LogP contribution in [0.15, 0.2) is 54.6 Å². The van der Waals surface area contributed by atoms with Crippen molar-refractivity contribution in [2.75, 3.05) is 0 Å². The van der Waals surface area contributed by atoms with Crippen molar-refractivity contribution in [1.82, 2.24) is 0 Å². The van der Waals surface area contributed by atoms with E-state index < -0.39 is 0 Å². The van der Waals surface area contributed by atoms with Gasteiger partial charge in [0.1, 0.15) is 5.75 Å². The second kappa shape index (κ2) is 3.45. The summed E-state index contributed by atoms with van der Waals surface area (Å²) in [5, 5.41) is 11.6. The first-order valence-corrected chi connectivity index (χ1v) is 6.15. The lowest BCUT2D eigenvalue weighted by atomic mass is 9.98. The molecule has 1 aliphatic carbocycles. The number of carbonyl (C=O) groups is 1. The highest BCUT2D eigenvalue weighted by Gasteiger charge is 2.27. The summed E-state index contributed by atoms with van der Waals surface area (Å²) < 4.78 is 0. The smallest absolute Gasteiger partial charge is 0.194 e. The number of carbonyl (C=O) groups excluding carboxylic acids is 1. The van der Waals surface area contributed by atoms with Crippen LogP contribution in [0.1, 0.15) is 15.9 Å². The molecule has 0 spiro atoms. The molecule has 0 saturated carbocycles. The zero-order valence-electron chi connectivity index (χ0n) is 10.1. The van der Waals surface area contributed by atoms with Gasteiger partial charge in [-0.1, -0.05) is 36.4 Å². The van der Waals surface area contributed by atoms with E-state index in [0.29, 0.717) is 0 Å². The Labute approximate surface area is 109 Å². The normalized spacial score (nSPS) is 12.5. The number of phenols is 1. The fourth-order valence-electron chi connectivity index (χ4n) is 2.83. The minimum Gasteiger partial charge on any atom is -0.508 e. The van der Waals surface area contributed by atoms with E-state index in [1.165, 1.54) is 0 Å². The largest absolute Gasteiger partial charge is 0.508 e. The Bertz CT molecular complexity index is 847. The molecule has 19 heavy (non-hydrogen) atoms. The summed E-state index contributed by atoms with van der Waals surface area (Å²) in [6, 6.07) is 16.7. The van der Waals surface area contributed by atoms with Gasteiger partial charge in [0.15, 0.2) is 5.78 Å². The highest BCUT2D eigenvalue weighted by atomic mass is 16.3. The van der Waals surface area contributed by atoms with Crippen LogP contribution in [-0.2, 0) is 0 Å². The number of phenolic OH excluding ortho intramolecular Hbond substituents is 1. The van der Waals surface area contributed by atoms with Crippen LogP contribution in [-0.4, -0.2) is 10.9 Å². The van der Waals surface area contributed by atoms with Crippen LogP contribution in [0.2, 0.25) is 0 Å². The van der Waals surface area contributed by atoms with E-state index in [1.54, 1.807) is 12.1 Å². The third kappa shape index (κ3) is 1.28. The van der Waals surface area contributed by atoms with Crippen molar-refractivity contribution in [1.29, 1.82) is 0 Å². The standard InChI is InChI=1S/C17H10O2/c18-11-7-5-10-6-8-14-16(15(10)9-11)12-3-1-2-4-13(12)17(14)19/h1-9,18H. The molecule has 0 amide bonds. The molecular weight excluding hydrogens is 236 g/mol. The first-order chi connectivity index (χ1) is 9.25. The number of benzene rings is 3. The topological polar surface area (TPSA) is 37.3 Å². The Balaban J connectivity index is 2.21. The van der Waals surface area contributed by atoms with Gasteiger partial charge in [-0.15, -0.1) is 0 Å². The van der Waals surface area contributed by atoms with E-state index in [0.717, 1.165) is 33.0 Å². The maximum atomic E-state index is 12.4. The Morgan fingerprint density at radius 1 is 0.789 bits per heavy atom. The fraction of sp³-hybridized carbons (Fsp3) is 0. The second-order valence-corrected chi connectivity index (χ2v) is 4.77. The van der Waals surface area contributed by atoms with Crippen molar-refractivity contribution in [3.8, 4) is 16.9 Å². The van der Waals surface area contributed by atoms with Crippen molar-refractivity contribution < 1.29 is 9.90 Å². The number of hydrogen-bond donors (Lipinski definition) is 1. The summed E-state index contributed by atoms with van der Waals surface area (Å²) >= 11 is 0. The zero-order chi connectivity index (χ0) is 13.0. The summed E-state index contributed by atoms with van der Waals surface area (Å²) in [6.45, 7) is 0. The summed E-state index contributed by atoms with van der Waals surface area (Å²) in [5.41, 5.74) is 3.36. The van der Waals surface area contributed by atoms with E-state index in [4.69, 9.17) is 0 Å². The molecule has 0 atom stereocenters. The fourth-order valence-corrected chi connectivity index (χ4v) is 2.83. The number of ketones is 1. The molecule has 1 aliphatic rings. The predicted molar refractivity (Wildman–Crippen MR) is 74.5 cm³/mol. The molecule has 4 rings (SSSR count). The van der Waals surface area contributed by atoms with E-state index in [9.17, 15) is 9.90 Å². The predicted octanol–water partition coefficient (Wildman–Crippen LogP) is 3.76. The molecule has 0 aromatic heterocycles. The Kier molecular flexibility index (Phi) is 1.88. The minimum absolute atomic E-state index is 0.0656. The Hall–Kier alpha value is -2.61. The van der Waals surface area contributed by atoms with Crippen LogP contribution in [0.5, 0.6) is 5.75 Å². The zero-order valence-corrected chi connectivity index (χ0v) is 10.1. The van der Waals surface area contributed by atoms with E-state index in [1.807, 2.05) is 42.5 Å². The lowest BCUT2D eigenvalue weighted by Crippen LogP contribution is -1.94. The van der Waals surface area contributed by atoms with Gasteiger partial charge in [-0.05, 0) is 34.5 Å². The van der Waals surface area contributed by atoms with E-state index in [-0.39, 0.29) is 11.5 Å². The van der Waals surface area contributed by atoms with E-state index in [2.05, 4.69) is 0 Å². The van der Waals surface area contributed by atoms with Gasteiger partial charge in [0.25, 0.3) is 0 Å². The molecule has 3 aromatic carbocycles. The van der Waals surface area contributed by atoms with Crippen LogP contribution in [0.4, 0.5) is 0 Å². The number of fused-ring (bicyclic) bond motifs is 5. The van der Waals surface area contributed by atoms with Crippen molar-refractivity contribution >= 4 is 16.6 Å². The van der Waals surface area contributed by atoms with Gasteiger partial charge < -0.3 is 5.11 Å². The maximum Gasteiger partial charge on any atom is 0.194 e. The lowest BCUT2D eigenvalue weighted by Gasteiger charge is -2.06. The Morgan fingerprint density at radius 3 is 2.37 bits per heavy atom. The van der Waals surface area contributed by atoms with Gasteiger partial charge in [-0.2, -0.15) is 0 Å². The van der Waals surface area contributed by atoms with Crippen LogP contribution < -0.4 is 0 Å². The first kappa shape index (κ1) is 10.3. The average molecular weight is 246 g/mol. The van der Waals surface area contributed by atoms with Crippen LogP contribution >= 0.6 is 0 Å². The third-order valence-corrected chi connectivity index (χ3v) is 3.69. The summed E-state index contributed by atoms with van der Waals surface area (Å²) in [4.78, 5) is 12.4. The SMILES string of the molecule is O=C1c2ccccc2-c2c1ccc1ccc(O)cc21. The van der Waals surface area contributed by atoms with Crippen molar-refractivity contribution in [3.05, 3.63) is 65.7 Å². The van der Waals surface area contributed by atoms with Crippen molar-refractivity contribution in [2.45, 2.75) is 0 Å². The highest BCUT2D eigenvalue weighted by Crippen LogP contribution is 2.41. The molecule has 0 aliphatic heterocycles. The molecule has 0 fully saturated rings. The van der Waals surface area contributed by atoms with Crippen LogP contribution in [0.25, 0.3) is 21.9 Å². The molecule has 0 heterocycles. The first-order valence-electron chi connectivity index (χ1n) is 6.15. The molecular formula is C17H10O2. The van der Waals surface area contributed by atoms with Crippen LogP contribution in [0.3, 0.4) is 0 Å². The molecule has 90 valence electrons. The maximum absolute atomic E-state index is 12.4. The summed E-state index contributed by atoms with van der Waals surface area (Å²) in [5.74, 6) is 0.286. The molecule has 0 radical (unpaired) electrons. The second-order valence-electron chi connectivity index (χ2n) is 4.77. The molecule has 2 nitrogen and oxygen atoms in total. The lowest BCUT2D eigenvalue weighted by molar-refractivity contribution is 0.104. The Morgan fingerprint density at radius 2 is 1.53 bits per heavy atom. The van der Waals surface area contributed by atoms with Crippen molar-refractivity contribution in [3.63, 3.8) is 0 Å². The minimum atomic E-state index is 0.0656. The molecule has 3 aromatic rings. The number of rotatable bonds is 0. The molecule has 2 heteroatoms. The monoisotopic (exact) mass is 246 g/mol. The molecule has 0 saturated heterocycles. The number of hydrogen-bond acceptors (Lipinski definition) is 2. The van der Waals surface area contributed by atoms with Gasteiger partial charge in [-0.25, -0.2) is 0 Å². The van der Waals surface area contributed by atoms with Gasteiger partial charge in [0, 0.05) is 16.7 Å². The highest BCUT2D eigenvalue weighted by molar-refractivity contribution is 6.26. The molecule has 1 N–H and O–H groups in total. The van der Waals surface area contributed by atoms with Gasteiger partial charge in [-0.3, -0.25) is 4.79 Å². The summed E-state index contributed by atoms with van der Waals surface area (Å²) in [6.07, 6.45) is 0. The summed E-state index contributed by atoms with van der Waals surface area (Å²) in [7, 11) is 0. The van der Waals surface area contributed by atoms with Gasteiger partial charge in [0.2, 0.25) is 0 Å². The molecule has 0 bridgehead atoms. The van der Waals surface area contributed by atoms with Gasteiger partial charge >= 0.3 is 0 Å². The van der Waals surface area contributed by atoms with E-state index >= 15 is 0 Å².